The monoisotopic (exact) mass is 261 g/mol. The van der Waals surface area contributed by atoms with Gasteiger partial charge in [0.15, 0.2) is 9.84 Å². The van der Waals surface area contributed by atoms with Gasteiger partial charge in [-0.3, -0.25) is 0 Å². The molecule has 3 nitrogen and oxygen atoms in total. The van der Waals surface area contributed by atoms with Crippen molar-refractivity contribution in [2.75, 3.05) is 5.75 Å². The molecule has 0 spiro atoms. The molecule has 2 N–H and O–H groups in total. The van der Waals surface area contributed by atoms with Gasteiger partial charge in [0, 0.05) is 5.54 Å². The fourth-order valence-electron chi connectivity index (χ4n) is 1.67. The summed E-state index contributed by atoms with van der Waals surface area (Å²) in [5.74, 6) is 0.0743. The average Bonchev–Trinajstić information content (AvgIpc) is 2.82. The third kappa shape index (κ3) is 2.75. The lowest BCUT2D eigenvalue weighted by atomic mass is 10.2. The van der Waals surface area contributed by atoms with E-state index in [1.54, 1.807) is 12.1 Å². The van der Waals surface area contributed by atoms with E-state index in [0.717, 1.165) is 18.4 Å². The average molecular weight is 262 g/mol. The normalized spacial score (nSPS) is 17.6. The maximum Gasteiger partial charge on any atom is 0.180 e. The Balaban J connectivity index is 0.00000128. The summed E-state index contributed by atoms with van der Waals surface area (Å²) in [5, 5.41) is 0. The number of hydrogen-bond donors (Lipinski definition) is 1. The standard InChI is InChI=1S/C11H15NO2S.ClH/c1-9-4-2-3-5-10(9)15(13,14)8-11(12)6-7-11;/h2-5H,6-8,12H2,1H3;1H. The van der Waals surface area contributed by atoms with Crippen molar-refractivity contribution >= 4 is 22.2 Å². The van der Waals surface area contributed by atoms with Gasteiger partial charge in [-0.05, 0) is 31.4 Å². The Bertz CT molecular complexity index is 481. The van der Waals surface area contributed by atoms with Crippen molar-refractivity contribution < 1.29 is 8.42 Å². The zero-order chi connectivity index (χ0) is 11.1. The van der Waals surface area contributed by atoms with E-state index in [2.05, 4.69) is 0 Å². The molecule has 2 rings (SSSR count). The van der Waals surface area contributed by atoms with Crippen LogP contribution in [0.25, 0.3) is 0 Å². The molecule has 90 valence electrons. The lowest BCUT2D eigenvalue weighted by molar-refractivity contribution is 0.585. The third-order valence-electron chi connectivity index (χ3n) is 2.80. The van der Waals surface area contributed by atoms with E-state index < -0.39 is 15.4 Å². The first kappa shape index (κ1) is 13.5. The number of nitrogens with two attached hydrogens (primary N) is 1. The van der Waals surface area contributed by atoms with E-state index in [1.165, 1.54) is 0 Å². The Morgan fingerprint density at radius 2 is 1.88 bits per heavy atom. The van der Waals surface area contributed by atoms with Crippen LogP contribution in [-0.2, 0) is 9.84 Å². The Labute approximate surface area is 102 Å². The summed E-state index contributed by atoms with van der Waals surface area (Å²) in [4.78, 5) is 0.418. The van der Waals surface area contributed by atoms with Gasteiger partial charge in [-0.1, -0.05) is 18.2 Å². The Morgan fingerprint density at radius 3 is 2.38 bits per heavy atom. The number of benzene rings is 1. The second-order valence-electron chi connectivity index (χ2n) is 4.39. The molecule has 0 unspecified atom stereocenters. The first-order chi connectivity index (χ1) is 6.93. The fourth-order valence-corrected chi connectivity index (χ4v) is 3.71. The van der Waals surface area contributed by atoms with Crippen LogP contribution >= 0.6 is 12.4 Å². The number of halogens is 1. The summed E-state index contributed by atoms with van der Waals surface area (Å²) in [6.07, 6.45) is 1.64. The van der Waals surface area contributed by atoms with Gasteiger partial charge in [0.2, 0.25) is 0 Å². The highest BCUT2D eigenvalue weighted by Crippen LogP contribution is 2.35. The van der Waals surface area contributed by atoms with Crippen LogP contribution < -0.4 is 5.73 Å². The largest absolute Gasteiger partial charge is 0.324 e. The molecule has 0 heterocycles. The zero-order valence-electron chi connectivity index (χ0n) is 9.14. The van der Waals surface area contributed by atoms with Crippen molar-refractivity contribution in [3.05, 3.63) is 29.8 Å². The van der Waals surface area contributed by atoms with E-state index in [9.17, 15) is 8.42 Å². The lowest BCUT2D eigenvalue weighted by Gasteiger charge is -2.11. The van der Waals surface area contributed by atoms with Gasteiger partial charge in [0.25, 0.3) is 0 Å². The summed E-state index contributed by atoms with van der Waals surface area (Å²) in [7, 11) is -3.21. The topological polar surface area (TPSA) is 60.2 Å². The predicted molar refractivity (Wildman–Crippen MR) is 66.6 cm³/mol. The second kappa shape index (κ2) is 4.35. The van der Waals surface area contributed by atoms with Gasteiger partial charge in [0.1, 0.15) is 0 Å². The maximum atomic E-state index is 12.0. The van der Waals surface area contributed by atoms with Crippen molar-refractivity contribution in [2.45, 2.75) is 30.2 Å². The molecule has 1 aliphatic carbocycles. The van der Waals surface area contributed by atoms with Gasteiger partial charge >= 0.3 is 0 Å². The first-order valence-electron chi connectivity index (χ1n) is 5.00. The van der Waals surface area contributed by atoms with Crippen LogP contribution in [0.3, 0.4) is 0 Å². The molecule has 16 heavy (non-hydrogen) atoms. The van der Waals surface area contributed by atoms with Crippen LogP contribution in [-0.4, -0.2) is 19.7 Å². The molecule has 1 aromatic rings. The second-order valence-corrected chi connectivity index (χ2v) is 6.34. The van der Waals surface area contributed by atoms with Crippen LogP contribution in [0.4, 0.5) is 0 Å². The summed E-state index contributed by atoms with van der Waals surface area (Å²) < 4.78 is 24.1. The molecule has 0 bridgehead atoms. The maximum absolute atomic E-state index is 12.0. The molecular weight excluding hydrogens is 246 g/mol. The van der Waals surface area contributed by atoms with E-state index in [0.29, 0.717) is 4.90 Å². The molecule has 0 aromatic heterocycles. The summed E-state index contributed by atoms with van der Waals surface area (Å²) >= 11 is 0. The van der Waals surface area contributed by atoms with Crippen molar-refractivity contribution in [2.24, 2.45) is 5.73 Å². The molecule has 1 aliphatic rings. The van der Waals surface area contributed by atoms with Crippen LogP contribution in [0.2, 0.25) is 0 Å². The number of hydrogen-bond acceptors (Lipinski definition) is 3. The van der Waals surface area contributed by atoms with Gasteiger partial charge in [-0.25, -0.2) is 8.42 Å². The summed E-state index contributed by atoms with van der Waals surface area (Å²) in [5.41, 5.74) is 6.18. The zero-order valence-corrected chi connectivity index (χ0v) is 10.8. The SMILES string of the molecule is Cc1ccccc1S(=O)(=O)CC1(N)CC1.Cl. The van der Waals surface area contributed by atoms with Gasteiger partial charge in [-0.15, -0.1) is 12.4 Å². The quantitative estimate of drug-likeness (QED) is 0.901. The Hall–Kier alpha value is -0.580. The Kier molecular flexibility index (Phi) is 3.67. The van der Waals surface area contributed by atoms with E-state index in [4.69, 9.17) is 5.73 Å². The molecule has 1 aromatic carbocycles. The molecule has 0 aliphatic heterocycles. The minimum absolute atomic E-state index is 0. The molecule has 1 saturated carbocycles. The van der Waals surface area contributed by atoms with Crippen LogP contribution in [0.1, 0.15) is 18.4 Å². The minimum atomic E-state index is -3.21. The summed E-state index contributed by atoms with van der Waals surface area (Å²) in [6, 6.07) is 7.04. The number of rotatable bonds is 3. The van der Waals surface area contributed by atoms with Crippen molar-refractivity contribution in [3.63, 3.8) is 0 Å². The van der Waals surface area contributed by atoms with Crippen molar-refractivity contribution in [1.29, 1.82) is 0 Å². The first-order valence-corrected chi connectivity index (χ1v) is 6.66. The number of aryl methyl sites for hydroxylation is 1. The lowest BCUT2D eigenvalue weighted by Crippen LogP contribution is -2.31. The highest BCUT2D eigenvalue weighted by Gasteiger charge is 2.42. The highest BCUT2D eigenvalue weighted by atomic mass is 35.5. The van der Waals surface area contributed by atoms with Crippen LogP contribution in [0.5, 0.6) is 0 Å². The molecule has 0 amide bonds. The van der Waals surface area contributed by atoms with Crippen LogP contribution in [0, 0.1) is 6.92 Å². The third-order valence-corrected chi connectivity index (χ3v) is 4.88. The summed E-state index contributed by atoms with van der Waals surface area (Å²) in [6.45, 7) is 1.81. The van der Waals surface area contributed by atoms with Gasteiger partial charge in [0.05, 0.1) is 10.6 Å². The molecule has 0 radical (unpaired) electrons. The van der Waals surface area contributed by atoms with Crippen molar-refractivity contribution in [1.82, 2.24) is 0 Å². The van der Waals surface area contributed by atoms with Gasteiger partial charge < -0.3 is 5.73 Å². The van der Waals surface area contributed by atoms with Crippen molar-refractivity contribution in [3.8, 4) is 0 Å². The van der Waals surface area contributed by atoms with E-state index in [1.807, 2.05) is 19.1 Å². The molecule has 0 saturated heterocycles. The van der Waals surface area contributed by atoms with Gasteiger partial charge in [-0.2, -0.15) is 0 Å². The fraction of sp³-hybridized carbons (Fsp3) is 0.455. The Morgan fingerprint density at radius 1 is 1.31 bits per heavy atom. The van der Waals surface area contributed by atoms with E-state index in [-0.39, 0.29) is 18.2 Å². The molecular formula is C11H16ClNO2S. The smallest absolute Gasteiger partial charge is 0.180 e. The molecule has 1 fully saturated rings. The predicted octanol–water partition coefficient (Wildman–Crippen LogP) is 1.68. The number of sulfone groups is 1. The van der Waals surface area contributed by atoms with Crippen LogP contribution in [0.15, 0.2) is 29.2 Å². The van der Waals surface area contributed by atoms with E-state index >= 15 is 0 Å². The molecule has 5 heteroatoms. The minimum Gasteiger partial charge on any atom is -0.324 e. The molecule has 0 atom stereocenters. The highest BCUT2D eigenvalue weighted by molar-refractivity contribution is 7.91.